The van der Waals surface area contributed by atoms with Crippen molar-refractivity contribution < 1.29 is 0 Å². The molecule has 0 bridgehead atoms. The molecule has 0 aromatic rings. The zero-order valence-electron chi connectivity index (χ0n) is 14.0. The molecule has 4 aliphatic carbocycles. The monoisotopic (exact) mass is 299 g/mol. The van der Waals surface area contributed by atoms with Crippen LogP contribution < -0.4 is 0 Å². The van der Waals surface area contributed by atoms with Crippen LogP contribution in [0.25, 0.3) is 10.4 Å². The Kier molecular flexibility index (Phi) is 3.34. The van der Waals surface area contributed by atoms with Gasteiger partial charge < -0.3 is 0 Å². The zero-order chi connectivity index (χ0) is 15.4. The molecule has 120 valence electrons. The first-order valence-electron chi connectivity index (χ1n) is 9.29. The van der Waals surface area contributed by atoms with E-state index in [4.69, 9.17) is 5.53 Å². The van der Waals surface area contributed by atoms with E-state index in [1.807, 2.05) is 0 Å². The lowest BCUT2D eigenvalue weighted by atomic mass is 9.45. The highest BCUT2D eigenvalue weighted by atomic mass is 15.1. The van der Waals surface area contributed by atoms with Crippen LogP contribution >= 0.6 is 0 Å². The second-order valence-electron chi connectivity index (χ2n) is 8.97. The third kappa shape index (κ3) is 1.98. The van der Waals surface area contributed by atoms with Gasteiger partial charge in [0.25, 0.3) is 0 Å². The van der Waals surface area contributed by atoms with Crippen LogP contribution in [0.15, 0.2) is 17.3 Å². The summed E-state index contributed by atoms with van der Waals surface area (Å²) in [7, 11) is 0. The maximum absolute atomic E-state index is 8.75. The van der Waals surface area contributed by atoms with Crippen LogP contribution in [-0.2, 0) is 0 Å². The molecule has 0 spiro atoms. The normalized spacial score (nSPS) is 53.1. The van der Waals surface area contributed by atoms with Crippen molar-refractivity contribution in [2.45, 2.75) is 71.3 Å². The summed E-state index contributed by atoms with van der Waals surface area (Å²) in [6.45, 7) is 5.08. The van der Waals surface area contributed by atoms with Gasteiger partial charge >= 0.3 is 0 Å². The van der Waals surface area contributed by atoms with Crippen molar-refractivity contribution in [1.82, 2.24) is 0 Å². The second-order valence-corrected chi connectivity index (χ2v) is 8.97. The SMILES string of the molecule is C[C@]12CC[C@@H](N=[N+]=[N-])C[C@@H]1CC[C@@H]1[C@H]3CC=C[C@@]3(C)CC[C@@H]12. The molecule has 3 nitrogen and oxygen atoms in total. The number of allylic oxidation sites excluding steroid dienone is 2. The molecule has 0 unspecified atom stereocenters. The van der Waals surface area contributed by atoms with Gasteiger partial charge in [0.05, 0.1) is 0 Å². The van der Waals surface area contributed by atoms with Crippen molar-refractivity contribution in [2.24, 2.45) is 39.6 Å². The Hall–Kier alpha value is -0.950. The third-order valence-corrected chi connectivity index (χ3v) is 8.18. The van der Waals surface area contributed by atoms with E-state index in [1.165, 1.54) is 38.5 Å². The molecule has 0 aromatic carbocycles. The Bertz CT molecular complexity index is 535. The molecular formula is C19H29N3. The highest BCUT2D eigenvalue weighted by Gasteiger charge is 2.56. The summed E-state index contributed by atoms with van der Waals surface area (Å²) in [4.78, 5) is 3.07. The molecule has 0 amide bonds. The van der Waals surface area contributed by atoms with Crippen molar-refractivity contribution in [1.29, 1.82) is 0 Å². The summed E-state index contributed by atoms with van der Waals surface area (Å²) in [6, 6.07) is 0.265. The molecule has 0 saturated heterocycles. The number of azide groups is 1. The molecule has 0 N–H and O–H groups in total. The molecule has 0 aliphatic heterocycles. The van der Waals surface area contributed by atoms with Crippen molar-refractivity contribution in [3.63, 3.8) is 0 Å². The molecule has 4 rings (SSSR count). The summed E-state index contributed by atoms with van der Waals surface area (Å²) in [5.74, 6) is 3.54. The van der Waals surface area contributed by atoms with Crippen LogP contribution in [0.4, 0.5) is 0 Å². The lowest BCUT2D eigenvalue weighted by Crippen LogP contribution is -2.53. The Morgan fingerprint density at radius 1 is 1.09 bits per heavy atom. The van der Waals surface area contributed by atoms with Gasteiger partial charge in [0.2, 0.25) is 0 Å². The minimum absolute atomic E-state index is 0.265. The van der Waals surface area contributed by atoms with Crippen LogP contribution in [-0.4, -0.2) is 6.04 Å². The Labute approximate surface area is 134 Å². The number of hydrogen-bond donors (Lipinski definition) is 0. The largest absolute Gasteiger partial charge is 0.0906 e. The van der Waals surface area contributed by atoms with Gasteiger partial charge in [0, 0.05) is 11.0 Å². The number of hydrogen-bond acceptors (Lipinski definition) is 1. The molecule has 0 heterocycles. The number of rotatable bonds is 1. The van der Waals surface area contributed by atoms with Crippen LogP contribution in [0, 0.1) is 34.5 Å². The Morgan fingerprint density at radius 3 is 2.77 bits per heavy atom. The minimum atomic E-state index is 0.265. The Balaban J connectivity index is 1.58. The van der Waals surface area contributed by atoms with E-state index in [0.717, 1.165) is 36.5 Å². The van der Waals surface area contributed by atoms with E-state index in [9.17, 15) is 0 Å². The predicted octanol–water partition coefficient (Wildman–Crippen LogP) is 5.87. The first kappa shape index (κ1) is 14.6. The topological polar surface area (TPSA) is 48.8 Å². The van der Waals surface area contributed by atoms with Gasteiger partial charge in [-0.25, -0.2) is 0 Å². The second kappa shape index (κ2) is 5.03. The molecule has 4 aliphatic rings. The fourth-order valence-corrected chi connectivity index (χ4v) is 6.90. The van der Waals surface area contributed by atoms with Crippen LogP contribution in [0.2, 0.25) is 0 Å². The average Bonchev–Trinajstić information content (AvgIpc) is 2.89. The first-order valence-corrected chi connectivity index (χ1v) is 9.29. The van der Waals surface area contributed by atoms with Gasteiger partial charge in [-0.2, -0.15) is 0 Å². The Morgan fingerprint density at radius 2 is 1.95 bits per heavy atom. The molecule has 3 saturated carbocycles. The maximum Gasteiger partial charge on any atom is 0.0377 e. The fraction of sp³-hybridized carbons (Fsp3) is 0.895. The number of nitrogens with zero attached hydrogens (tertiary/aromatic N) is 3. The molecule has 0 aromatic heterocycles. The van der Waals surface area contributed by atoms with Gasteiger partial charge in [-0.05, 0) is 91.4 Å². The highest BCUT2D eigenvalue weighted by Crippen LogP contribution is 2.65. The maximum atomic E-state index is 8.75. The van der Waals surface area contributed by atoms with Gasteiger partial charge in [0.1, 0.15) is 0 Å². The van der Waals surface area contributed by atoms with Crippen molar-refractivity contribution >= 4 is 0 Å². The average molecular weight is 299 g/mol. The van der Waals surface area contributed by atoms with Crippen molar-refractivity contribution in [2.75, 3.05) is 0 Å². The van der Waals surface area contributed by atoms with Gasteiger partial charge in [-0.3, -0.25) is 0 Å². The number of fused-ring (bicyclic) bond motifs is 5. The van der Waals surface area contributed by atoms with Gasteiger partial charge in [0.15, 0.2) is 0 Å². The van der Waals surface area contributed by atoms with E-state index in [2.05, 4.69) is 36.0 Å². The standard InChI is InChI=1S/C19H29N3/c1-18-9-3-4-16(18)15-6-5-13-12-14(21-22-20)7-11-19(13,2)17(15)8-10-18/h3,9,13-17H,4-8,10-12H2,1-2H3/t13-,14+,15+,16+,17-,18-,19-/m0/s1. The summed E-state index contributed by atoms with van der Waals surface area (Å²) < 4.78 is 0. The van der Waals surface area contributed by atoms with E-state index in [-0.39, 0.29) is 6.04 Å². The molecule has 22 heavy (non-hydrogen) atoms. The lowest BCUT2D eigenvalue weighted by Gasteiger charge is -2.60. The van der Waals surface area contributed by atoms with E-state index in [0.29, 0.717) is 10.8 Å². The summed E-state index contributed by atoms with van der Waals surface area (Å²) >= 11 is 0. The van der Waals surface area contributed by atoms with Gasteiger partial charge in [-0.1, -0.05) is 31.1 Å². The van der Waals surface area contributed by atoms with Crippen LogP contribution in [0.1, 0.15) is 65.2 Å². The zero-order valence-corrected chi connectivity index (χ0v) is 14.0. The van der Waals surface area contributed by atoms with Crippen LogP contribution in [0.5, 0.6) is 0 Å². The summed E-state index contributed by atoms with van der Waals surface area (Å²) in [5, 5.41) is 4.04. The van der Waals surface area contributed by atoms with Crippen LogP contribution in [0.3, 0.4) is 0 Å². The third-order valence-electron chi connectivity index (χ3n) is 8.18. The molecular weight excluding hydrogens is 270 g/mol. The van der Waals surface area contributed by atoms with Crippen molar-refractivity contribution in [3.05, 3.63) is 22.6 Å². The molecule has 3 heteroatoms. The van der Waals surface area contributed by atoms with Gasteiger partial charge in [-0.15, -0.1) is 0 Å². The van der Waals surface area contributed by atoms with E-state index < -0.39 is 0 Å². The molecule has 3 fully saturated rings. The summed E-state index contributed by atoms with van der Waals surface area (Å²) in [6.07, 6.45) is 15.4. The lowest BCUT2D eigenvalue weighted by molar-refractivity contribution is -0.0995. The first-order chi connectivity index (χ1) is 10.6. The quantitative estimate of drug-likeness (QED) is 0.251. The van der Waals surface area contributed by atoms with E-state index in [1.54, 1.807) is 0 Å². The minimum Gasteiger partial charge on any atom is -0.0906 e. The highest BCUT2D eigenvalue weighted by molar-refractivity contribution is 5.16. The molecule has 7 atom stereocenters. The fourth-order valence-electron chi connectivity index (χ4n) is 6.90. The predicted molar refractivity (Wildman–Crippen MR) is 89.2 cm³/mol. The molecule has 0 radical (unpaired) electrons. The van der Waals surface area contributed by atoms with E-state index >= 15 is 0 Å². The van der Waals surface area contributed by atoms with Crippen molar-refractivity contribution in [3.8, 4) is 0 Å². The smallest absolute Gasteiger partial charge is 0.0377 e. The summed E-state index contributed by atoms with van der Waals surface area (Å²) in [5.41, 5.74) is 9.75.